The Morgan fingerprint density at radius 2 is 2.05 bits per heavy atom. The van der Waals surface area contributed by atoms with Crippen LogP contribution in [0.5, 0.6) is 0 Å². The first-order chi connectivity index (χ1) is 10.1. The highest BCUT2D eigenvalue weighted by Crippen LogP contribution is 2.55. The molecule has 5 heteroatoms. The van der Waals surface area contributed by atoms with Crippen LogP contribution in [-0.2, 0) is 23.8 Å². The van der Waals surface area contributed by atoms with Gasteiger partial charge in [-0.25, -0.2) is 0 Å². The second-order valence-electron chi connectivity index (χ2n) is 7.05. The molecule has 2 saturated heterocycles. The minimum absolute atomic E-state index is 0.0612. The van der Waals surface area contributed by atoms with E-state index < -0.39 is 5.79 Å². The van der Waals surface area contributed by atoms with Gasteiger partial charge in [0, 0.05) is 24.7 Å². The summed E-state index contributed by atoms with van der Waals surface area (Å²) in [5.74, 6) is -0.0103. The van der Waals surface area contributed by atoms with E-state index in [9.17, 15) is 9.59 Å². The summed E-state index contributed by atoms with van der Waals surface area (Å²) in [6, 6.07) is 0. The van der Waals surface area contributed by atoms with Gasteiger partial charge in [0.2, 0.25) is 0 Å². The van der Waals surface area contributed by atoms with Gasteiger partial charge in [0.1, 0.15) is 12.4 Å². The van der Waals surface area contributed by atoms with E-state index in [4.69, 9.17) is 14.2 Å². The Kier molecular flexibility index (Phi) is 3.12. The molecule has 4 fully saturated rings. The maximum Gasteiger partial charge on any atom is 0.309 e. The smallest absolute Gasteiger partial charge is 0.309 e. The van der Waals surface area contributed by atoms with Crippen molar-refractivity contribution in [3.8, 4) is 0 Å². The minimum atomic E-state index is -0.449. The van der Waals surface area contributed by atoms with Crippen LogP contribution in [-0.4, -0.2) is 37.4 Å². The summed E-state index contributed by atoms with van der Waals surface area (Å²) >= 11 is 0. The fourth-order valence-corrected chi connectivity index (χ4v) is 5.27. The van der Waals surface area contributed by atoms with E-state index in [1.807, 2.05) is 6.92 Å². The van der Waals surface area contributed by atoms with E-state index in [2.05, 4.69) is 0 Å². The van der Waals surface area contributed by atoms with Gasteiger partial charge in [-0.2, -0.15) is 0 Å². The summed E-state index contributed by atoms with van der Waals surface area (Å²) in [5, 5.41) is 0. The quantitative estimate of drug-likeness (QED) is 0.542. The summed E-state index contributed by atoms with van der Waals surface area (Å²) in [5.41, 5.74) is 0. The molecule has 6 atom stereocenters. The van der Waals surface area contributed by atoms with Crippen molar-refractivity contribution in [1.82, 2.24) is 0 Å². The van der Waals surface area contributed by atoms with Crippen LogP contribution in [0.25, 0.3) is 0 Å². The standard InChI is InChI=1S/C16H22O5/c1-9-14-12(15(18)21-9)6-10-7-16(19-4-5-20-16)3-2-11(10)13(14)8-17/h8-14H,2-7H2,1H3. The third-order valence-electron chi connectivity index (χ3n) is 6.11. The first-order valence-corrected chi connectivity index (χ1v) is 8.07. The van der Waals surface area contributed by atoms with Crippen molar-refractivity contribution < 1.29 is 23.8 Å². The van der Waals surface area contributed by atoms with Gasteiger partial charge in [-0.1, -0.05) is 0 Å². The highest BCUT2D eigenvalue weighted by atomic mass is 16.7. The summed E-state index contributed by atoms with van der Waals surface area (Å²) in [7, 11) is 0. The predicted molar refractivity (Wildman–Crippen MR) is 72.2 cm³/mol. The summed E-state index contributed by atoms with van der Waals surface area (Å²) < 4.78 is 17.1. The maximum atomic E-state index is 12.1. The molecule has 0 bridgehead atoms. The number of esters is 1. The van der Waals surface area contributed by atoms with Gasteiger partial charge in [-0.05, 0) is 31.6 Å². The molecule has 1 spiro atoms. The number of fused-ring (bicyclic) bond motifs is 2. The number of carbonyl (C=O) groups excluding carboxylic acids is 2. The van der Waals surface area contributed by atoms with Crippen LogP contribution in [0.1, 0.15) is 32.6 Å². The molecule has 5 nitrogen and oxygen atoms in total. The van der Waals surface area contributed by atoms with Crippen LogP contribution in [0.2, 0.25) is 0 Å². The molecule has 0 aromatic rings. The second-order valence-corrected chi connectivity index (χ2v) is 7.05. The van der Waals surface area contributed by atoms with E-state index in [-0.39, 0.29) is 29.8 Å². The van der Waals surface area contributed by atoms with Gasteiger partial charge in [-0.15, -0.1) is 0 Å². The monoisotopic (exact) mass is 294 g/mol. The molecule has 21 heavy (non-hydrogen) atoms. The van der Waals surface area contributed by atoms with Crippen LogP contribution in [0.15, 0.2) is 0 Å². The molecular weight excluding hydrogens is 272 g/mol. The molecule has 4 aliphatic rings. The van der Waals surface area contributed by atoms with E-state index in [1.54, 1.807) is 0 Å². The van der Waals surface area contributed by atoms with E-state index in [0.717, 1.165) is 32.0 Å². The molecular formula is C16H22O5. The molecule has 2 saturated carbocycles. The fraction of sp³-hybridized carbons (Fsp3) is 0.875. The number of aldehydes is 1. The average Bonchev–Trinajstić information content (AvgIpc) is 3.03. The van der Waals surface area contributed by atoms with Gasteiger partial charge in [0.05, 0.1) is 19.1 Å². The largest absolute Gasteiger partial charge is 0.462 e. The number of rotatable bonds is 1. The summed E-state index contributed by atoms with van der Waals surface area (Å²) in [6.45, 7) is 3.23. The zero-order valence-electron chi connectivity index (χ0n) is 12.3. The first kappa shape index (κ1) is 13.7. The second kappa shape index (κ2) is 4.78. The zero-order chi connectivity index (χ0) is 14.6. The first-order valence-electron chi connectivity index (χ1n) is 8.07. The molecule has 0 radical (unpaired) electrons. The van der Waals surface area contributed by atoms with Crippen molar-refractivity contribution >= 4 is 12.3 Å². The number of hydrogen-bond donors (Lipinski definition) is 0. The number of hydrogen-bond acceptors (Lipinski definition) is 5. The van der Waals surface area contributed by atoms with Crippen molar-refractivity contribution in [3.05, 3.63) is 0 Å². The SMILES string of the molecule is CC1OC(=O)C2CC3CC4(CCC3C(C=O)C12)OCCO4. The van der Waals surface area contributed by atoms with E-state index >= 15 is 0 Å². The molecule has 0 N–H and O–H groups in total. The molecule has 2 aliphatic heterocycles. The third-order valence-corrected chi connectivity index (χ3v) is 6.11. The Balaban J connectivity index is 1.61. The van der Waals surface area contributed by atoms with Crippen LogP contribution in [0.3, 0.4) is 0 Å². The Morgan fingerprint density at radius 3 is 2.76 bits per heavy atom. The van der Waals surface area contributed by atoms with Crippen molar-refractivity contribution in [2.45, 2.75) is 44.5 Å². The molecule has 0 aromatic carbocycles. The molecule has 0 aromatic heterocycles. The average molecular weight is 294 g/mol. The number of carbonyl (C=O) groups is 2. The number of cyclic esters (lactones) is 1. The lowest BCUT2D eigenvalue weighted by atomic mass is 9.57. The third kappa shape index (κ3) is 1.97. The molecule has 6 unspecified atom stereocenters. The van der Waals surface area contributed by atoms with Crippen molar-refractivity contribution in [2.24, 2.45) is 29.6 Å². The maximum absolute atomic E-state index is 12.1. The molecule has 2 heterocycles. The van der Waals surface area contributed by atoms with Gasteiger partial charge < -0.3 is 19.0 Å². The highest BCUT2D eigenvalue weighted by Gasteiger charge is 2.57. The van der Waals surface area contributed by atoms with Crippen LogP contribution < -0.4 is 0 Å². The summed E-state index contributed by atoms with van der Waals surface area (Å²) in [6.07, 6.45) is 4.37. The molecule has 4 rings (SSSR count). The summed E-state index contributed by atoms with van der Waals surface area (Å²) in [4.78, 5) is 23.8. The van der Waals surface area contributed by atoms with Crippen LogP contribution in [0.4, 0.5) is 0 Å². The fourth-order valence-electron chi connectivity index (χ4n) is 5.27. The van der Waals surface area contributed by atoms with Crippen molar-refractivity contribution in [3.63, 3.8) is 0 Å². The van der Waals surface area contributed by atoms with E-state index in [0.29, 0.717) is 25.0 Å². The highest BCUT2D eigenvalue weighted by molar-refractivity contribution is 5.76. The number of ether oxygens (including phenoxy) is 3. The van der Waals surface area contributed by atoms with Crippen molar-refractivity contribution in [1.29, 1.82) is 0 Å². The Bertz CT molecular complexity index is 456. The van der Waals surface area contributed by atoms with E-state index in [1.165, 1.54) is 0 Å². The lowest BCUT2D eigenvalue weighted by Gasteiger charge is -2.48. The Morgan fingerprint density at radius 1 is 1.29 bits per heavy atom. The van der Waals surface area contributed by atoms with Gasteiger partial charge in [-0.3, -0.25) is 4.79 Å². The van der Waals surface area contributed by atoms with Crippen molar-refractivity contribution in [2.75, 3.05) is 13.2 Å². The lowest BCUT2D eigenvalue weighted by molar-refractivity contribution is -0.206. The Hall–Kier alpha value is -0.940. The van der Waals surface area contributed by atoms with Crippen LogP contribution >= 0.6 is 0 Å². The predicted octanol–water partition coefficient (Wildman–Crippen LogP) is 1.54. The molecule has 2 aliphatic carbocycles. The van der Waals surface area contributed by atoms with Gasteiger partial charge in [0.15, 0.2) is 5.79 Å². The van der Waals surface area contributed by atoms with Gasteiger partial charge >= 0.3 is 5.97 Å². The topological polar surface area (TPSA) is 61.8 Å². The zero-order valence-corrected chi connectivity index (χ0v) is 12.3. The molecule has 0 amide bonds. The molecule has 116 valence electrons. The normalized spacial score (nSPS) is 47.8. The lowest BCUT2D eigenvalue weighted by Crippen LogP contribution is -2.49. The van der Waals surface area contributed by atoms with Crippen LogP contribution in [0, 0.1) is 29.6 Å². The minimum Gasteiger partial charge on any atom is -0.462 e. The Labute approximate surface area is 124 Å². The van der Waals surface area contributed by atoms with Gasteiger partial charge in [0.25, 0.3) is 0 Å².